The van der Waals surface area contributed by atoms with Gasteiger partial charge in [-0.15, -0.1) is 12.4 Å². The monoisotopic (exact) mass is 466 g/mol. The van der Waals surface area contributed by atoms with E-state index in [0.717, 1.165) is 13.0 Å². The third kappa shape index (κ3) is 5.08. The predicted octanol–water partition coefficient (Wildman–Crippen LogP) is 4.60. The van der Waals surface area contributed by atoms with Crippen LogP contribution in [0.3, 0.4) is 0 Å². The largest absolute Gasteiger partial charge is 0.493 e. The fraction of sp³-hybridized carbons (Fsp3) is 0.286. The maximum absolute atomic E-state index is 14.2. The lowest BCUT2D eigenvalue weighted by Gasteiger charge is -2.17. The summed E-state index contributed by atoms with van der Waals surface area (Å²) in [4.78, 5) is 22.0. The molecule has 0 radical (unpaired) electrons. The maximum Gasteiger partial charge on any atom is 0.222 e. The minimum absolute atomic E-state index is 0. The highest BCUT2D eigenvalue weighted by molar-refractivity contribution is 6.30. The third-order valence-electron chi connectivity index (χ3n) is 4.90. The third-order valence-corrected chi connectivity index (χ3v) is 5.13. The molecule has 1 aromatic heterocycles. The molecular formula is C21H21Cl2FN4O3. The van der Waals surface area contributed by atoms with E-state index in [1.54, 1.807) is 29.2 Å². The maximum atomic E-state index is 14.2. The van der Waals surface area contributed by atoms with E-state index in [-0.39, 0.29) is 24.0 Å². The molecule has 0 spiro atoms. The molecule has 4 rings (SSSR count). The number of rotatable bonds is 7. The first-order valence-electron chi connectivity index (χ1n) is 9.50. The van der Waals surface area contributed by atoms with Crippen LogP contribution in [-0.4, -0.2) is 47.6 Å². The molecule has 1 amide bonds. The van der Waals surface area contributed by atoms with Crippen molar-refractivity contribution in [3.8, 4) is 11.5 Å². The van der Waals surface area contributed by atoms with E-state index in [2.05, 4.69) is 15.3 Å². The average Bonchev–Trinajstić information content (AvgIpc) is 3.14. The van der Waals surface area contributed by atoms with E-state index >= 15 is 0 Å². The summed E-state index contributed by atoms with van der Waals surface area (Å²) in [7, 11) is 1.54. The van der Waals surface area contributed by atoms with Crippen molar-refractivity contribution in [3.63, 3.8) is 0 Å². The number of hydrogen-bond acceptors (Lipinski definition) is 6. The van der Waals surface area contributed by atoms with Gasteiger partial charge in [-0.2, -0.15) is 0 Å². The van der Waals surface area contributed by atoms with Crippen molar-refractivity contribution in [3.05, 3.63) is 47.5 Å². The molecule has 0 unspecified atom stereocenters. The number of hydrogen-bond donors (Lipinski definition) is 1. The van der Waals surface area contributed by atoms with Gasteiger partial charge >= 0.3 is 0 Å². The number of amides is 1. The molecule has 2 heterocycles. The van der Waals surface area contributed by atoms with Gasteiger partial charge in [-0.05, 0) is 30.7 Å². The second kappa shape index (κ2) is 9.98. The van der Waals surface area contributed by atoms with Crippen LogP contribution in [0.2, 0.25) is 5.02 Å². The number of methoxy groups -OCH3 is 1. The van der Waals surface area contributed by atoms with Crippen LogP contribution in [-0.2, 0) is 4.79 Å². The van der Waals surface area contributed by atoms with Crippen LogP contribution >= 0.6 is 24.0 Å². The predicted molar refractivity (Wildman–Crippen MR) is 119 cm³/mol. The zero-order valence-corrected chi connectivity index (χ0v) is 18.3. The first-order chi connectivity index (χ1) is 14.5. The molecule has 1 aliphatic rings. The highest BCUT2D eigenvalue weighted by Crippen LogP contribution is 2.35. The van der Waals surface area contributed by atoms with Gasteiger partial charge in [0.15, 0.2) is 11.5 Å². The number of aromatic nitrogens is 2. The Labute approximate surface area is 189 Å². The number of fused-ring (bicyclic) bond motifs is 1. The van der Waals surface area contributed by atoms with Crippen molar-refractivity contribution in [1.29, 1.82) is 0 Å². The van der Waals surface area contributed by atoms with Crippen LogP contribution < -0.4 is 14.8 Å². The van der Waals surface area contributed by atoms with Gasteiger partial charge in [-0.25, -0.2) is 14.4 Å². The molecule has 1 aliphatic heterocycles. The molecule has 0 saturated carbocycles. The molecule has 3 aromatic rings. The summed E-state index contributed by atoms with van der Waals surface area (Å²) in [6, 6.07) is 7.84. The number of benzene rings is 2. The smallest absolute Gasteiger partial charge is 0.222 e. The second-order valence-electron chi connectivity index (χ2n) is 6.82. The summed E-state index contributed by atoms with van der Waals surface area (Å²) in [5.41, 5.74) is 0.851. The van der Waals surface area contributed by atoms with Crippen LogP contribution in [0.15, 0.2) is 36.7 Å². The number of nitrogens with zero attached hydrogens (tertiary/aromatic N) is 3. The van der Waals surface area contributed by atoms with Gasteiger partial charge in [0.25, 0.3) is 0 Å². The van der Waals surface area contributed by atoms with Crippen LogP contribution in [0.5, 0.6) is 11.5 Å². The minimum Gasteiger partial charge on any atom is -0.493 e. The summed E-state index contributed by atoms with van der Waals surface area (Å²) >= 11 is 5.82. The fourth-order valence-electron chi connectivity index (χ4n) is 3.36. The fourth-order valence-corrected chi connectivity index (χ4v) is 3.52. The van der Waals surface area contributed by atoms with Crippen molar-refractivity contribution in [1.82, 2.24) is 14.9 Å². The van der Waals surface area contributed by atoms with E-state index in [0.29, 0.717) is 52.8 Å². The first kappa shape index (κ1) is 22.8. The lowest BCUT2D eigenvalue weighted by molar-refractivity contribution is -0.128. The van der Waals surface area contributed by atoms with E-state index in [1.807, 2.05) is 0 Å². The SMILES string of the molecule is COc1cc2c(Nc3ccc(Cl)cc3F)ncnc2cc1OCCN1CCCC1=O.Cl. The summed E-state index contributed by atoms with van der Waals surface area (Å²) in [6.45, 7) is 1.63. The summed E-state index contributed by atoms with van der Waals surface area (Å²) in [5.74, 6) is 1.09. The number of carbonyl (C=O) groups excluding carboxylic acids is 1. The summed E-state index contributed by atoms with van der Waals surface area (Å²) < 4.78 is 25.5. The van der Waals surface area contributed by atoms with Gasteiger partial charge in [0.1, 0.15) is 24.6 Å². The molecule has 164 valence electrons. The molecule has 2 aromatic carbocycles. The highest BCUT2D eigenvalue weighted by atomic mass is 35.5. The molecule has 0 atom stereocenters. The molecule has 1 N–H and O–H groups in total. The Bertz CT molecular complexity index is 1100. The van der Waals surface area contributed by atoms with E-state index in [4.69, 9.17) is 21.1 Å². The standard InChI is InChI=1S/C21H20ClFN4O3.ClH/c1-29-18-10-14-17(11-19(18)30-8-7-27-6-2-3-20(27)28)24-12-25-21(14)26-16-5-4-13(22)9-15(16)23;/h4-5,9-12H,2-3,6-8H2,1H3,(H,24,25,26);1H. The van der Waals surface area contributed by atoms with Crippen LogP contribution in [0.1, 0.15) is 12.8 Å². The van der Waals surface area contributed by atoms with Gasteiger partial charge in [0.2, 0.25) is 5.91 Å². The topological polar surface area (TPSA) is 76.6 Å². The number of nitrogens with one attached hydrogen (secondary N) is 1. The van der Waals surface area contributed by atoms with Crippen LogP contribution in [0.4, 0.5) is 15.9 Å². The Morgan fingerprint density at radius 2 is 2.06 bits per heavy atom. The highest BCUT2D eigenvalue weighted by Gasteiger charge is 2.20. The van der Waals surface area contributed by atoms with Gasteiger partial charge in [0.05, 0.1) is 24.9 Å². The molecular weight excluding hydrogens is 446 g/mol. The number of anilines is 2. The lowest BCUT2D eigenvalue weighted by Crippen LogP contribution is -2.29. The number of halogens is 3. The van der Waals surface area contributed by atoms with Gasteiger partial charge in [0, 0.05) is 29.4 Å². The van der Waals surface area contributed by atoms with E-state index < -0.39 is 5.82 Å². The Kier molecular flexibility index (Phi) is 7.35. The van der Waals surface area contributed by atoms with Crippen LogP contribution in [0, 0.1) is 5.82 Å². The number of likely N-dealkylation sites (tertiary alicyclic amines) is 1. The minimum atomic E-state index is -0.488. The Morgan fingerprint density at radius 1 is 1.23 bits per heavy atom. The molecule has 0 bridgehead atoms. The zero-order chi connectivity index (χ0) is 21.1. The van der Waals surface area contributed by atoms with Gasteiger partial charge < -0.3 is 19.7 Å². The lowest BCUT2D eigenvalue weighted by atomic mass is 10.2. The molecule has 1 saturated heterocycles. The summed E-state index contributed by atoms with van der Waals surface area (Å²) in [5, 5.41) is 3.93. The van der Waals surface area contributed by atoms with Crippen molar-refractivity contribution in [2.75, 3.05) is 32.1 Å². The Morgan fingerprint density at radius 3 is 2.77 bits per heavy atom. The van der Waals surface area contributed by atoms with Crippen molar-refractivity contribution >= 4 is 52.3 Å². The van der Waals surface area contributed by atoms with E-state index in [1.165, 1.54) is 19.5 Å². The van der Waals surface area contributed by atoms with Crippen molar-refractivity contribution < 1.29 is 18.7 Å². The second-order valence-corrected chi connectivity index (χ2v) is 7.26. The molecule has 1 fully saturated rings. The number of ether oxygens (including phenoxy) is 2. The van der Waals surface area contributed by atoms with Gasteiger partial charge in [-0.1, -0.05) is 11.6 Å². The molecule has 0 aliphatic carbocycles. The van der Waals surface area contributed by atoms with E-state index in [9.17, 15) is 9.18 Å². The quantitative estimate of drug-likeness (QED) is 0.548. The average molecular weight is 467 g/mol. The Balaban J connectivity index is 0.00000272. The number of carbonyl (C=O) groups is 1. The van der Waals surface area contributed by atoms with Crippen LogP contribution in [0.25, 0.3) is 10.9 Å². The Hall–Kier alpha value is -2.84. The molecule has 10 heteroatoms. The summed E-state index contributed by atoms with van der Waals surface area (Å²) in [6.07, 6.45) is 2.87. The zero-order valence-electron chi connectivity index (χ0n) is 16.7. The molecule has 7 nitrogen and oxygen atoms in total. The van der Waals surface area contributed by atoms with Crippen molar-refractivity contribution in [2.24, 2.45) is 0 Å². The van der Waals surface area contributed by atoms with Crippen molar-refractivity contribution in [2.45, 2.75) is 12.8 Å². The normalized spacial score (nSPS) is 13.3. The first-order valence-corrected chi connectivity index (χ1v) is 9.88. The molecule has 31 heavy (non-hydrogen) atoms. The van der Waals surface area contributed by atoms with Gasteiger partial charge in [-0.3, -0.25) is 4.79 Å².